The Bertz CT molecular complexity index is 1020. The molecule has 154 valence electrons. The molecule has 0 aliphatic carbocycles. The normalized spacial score (nSPS) is 15.0. The molecule has 3 rings (SSSR count). The zero-order chi connectivity index (χ0) is 21.0. The number of carbonyl (C=O) groups excluding carboxylic acids is 2. The Morgan fingerprint density at radius 3 is 2.69 bits per heavy atom. The van der Waals surface area contributed by atoms with E-state index in [0.717, 1.165) is 10.5 Å². The van der Waals surface area contributed by atoms with Crippen LogP contribution in [0.4, 0.5) is 5.69 Å². The average molecular weight is 453 g/mol. The molecule has 9 heteroatoms. The summed E-state index contributed by atoms with van der Waals surface area (Å²) in [5, 5.41) is 6.10. The van der Waals surface area contributed by atoms with E-state index in [0.29, 0.717) is 29.4 Å². The summed E-state index contributed by atoms with van der Waals surface area (Å²) >= 11 is 7.34. The Hall–Kier alpha value is -2.03. The van der Waals surface area contributed by atoms with Crippen molar-refractivity contribution in [2.24, 2.45) is 5.92 Å². The maximum atomic E-state index is 12.8. The fraction of sp³-hybridized carbons (Fsp3) is 0.300. The van der Waals surface area contributed by atoms with Gasteiger partial charge in [0.2, 0.25) is 11.8 Å². The van der Waals surface area contributed by atoms with Crippen LogP contribution in [0.15, 0.2) is 52.3 Å². The van der Waals surface area contributed by atoms with Gasteiger partial charge in [0.15, 0.2) is 9.84 Å². The summed E-state index contributed by atoms with van der Waals surface area (Å²) in [6, 6.07) is 11.7. The lowest BCUT2D eigenvalue weighted by molar-refractivity contribution is -0.124. The van der Waals surface area contributed by atoms with Crippen molar-refractivity contribution in [3.63, 3.8) is 0 Å². The maximum absolute atomic E-state index is 12.8. The summed E-state index contributed by atoms with van der Waals surface area (Å²) in [4.78, 5) is 25.0. The molecule has 0 saturated carbocycles. The summed E-state index contributed by atoms with van der Waals surface area (Å²) in [5.74, 6) is -0.882. The van der Waals surface area contributed by atoms with Crippen LogP contribution < -0.4 is 10.6 Å². The molecule has 2 amide bonds. The number of fused-ring (bicyclic) bond motifs is 1. The zero-order valence-corrected chi connectivity index (χ0v) is 18.2. The predicted octanol–water partition coefficient (Wildman–Crippen LogP) is 3.50. The number of hydrogen-bond donors (Lipinski definition) is 2. The molecule has 2 N–H and O–H groups in total. The van der Waals surface area contributed by atoms with Crippen LogP contribution in [-0.4, -0.2) is 31.7 Å². The summed E-state index contributed by atoms with van der Waals surface area (Å²) in [7, 11) is -3.69. The van der Waals surface area contributed by atoms with E-state index in [-0.39, 0.29) is 22.5 Å². The largest absolute Gasteiger partial charge is 0.352 e. The Morgan fingerprint density at radius 1 is 1.24 bits per heavy atom. The topological polar surface area (TPSA) is 92.3 Å². The number of carbonyl (C=O) groups is 2. The van der Waals surface area contributed by atoms with Gasteiger partial charge in [-0.25, -0.2) is 8.42 Å². The third kappa shape index (κ3) is 5.74. The van der Waals surface area contributed by atoms with Crippen LogP contribution in [-0.2, 0) is 26.0 Å². The number of sulfone groups is 1. The van der Waals surface area contributed by atoms with E-state index < -0.39 is 15.8 Å². The predicted molar refractivity (Wildman–Crippen MR) is 115 cm³/mol. The van der Waals surface area contributed by atoms with Gasteiger partial charge in [-0.1, -0.05) is 30.7 Å². The number of halogens is 1. The van der Waals surface area contributed by atoms with Crippen molar-refractivity contribution in [1.82, 2.24) is 5.32 Å². The van der Waals surface area contributed by atoms with E-state index in [4.69, 9.17) is 11.6 Å². The second-order valence-corrected chi connectivity index (χ2v) is 10.4. The molecule has 1 aliphatic heterocycles. The first-order valence-corrected chi connectivity index (χ1v) is 12.1. The highest BCUT2D eigenvalue weighted by atomic mass is 35.5. The van der Waals surface area contributed by atoms with E-state index >= 15 is 0 Å². The zero-order valence-electron chi connectivity index (χ0n) is 15.8. The highest BCUT2D eigenvalue weighted by molar-refractivity contribution is 7.99. The maximum Gasteiger partial charge on any atom is 0.225 e. The number of hydrogen-bond acceptors (Lipinski definition) is 5. The number of nitrogens with one attached hydrogen (secondary N) is 2. The fourth-order valence-corrected chi connectivity index (χ4v) is 5.50. The minimum atomic E-state index is -3.69. The third-order valence-corrected chi connectivity index (χ3v) is 7.71. The van der Waals surface area contributed by atoms with Gasteiger partial charge in [0.1, 0.15) is 0 Å². The number of rotatable bonds is 6. The monoisotopic (exact) mass is 452 g/mol. The van der Waals surface area contributed by atoms with Crippen molar-refractivity contribution < 1.29 is 18.0 Å². The molecule has 0 aromatic heterocycles. The van der Waals surface area contributed by atoms with Crippen molar-refractivity contribution in [1.29, 1.82) is 0 Å². The van der Waals surface area contributed by atoms with Crippen LogP contribution in [0.25, 0.3) is 0 Å². The number of benzene rings is 2. The lowest BCUT2D eigenvalue weighted by Crippen LogP contribution is -2.32. The van der Waals surface area contributed by atoms with Crippen LogP contribution in [0.1, 0.15) is 18.9 Å². The molecule has 6 nitrogen and oxygen atoms in total. The van der Waals surface area contributed by atoms with Crippen LogP contribution in [0.3, 0.4) is 0 Å². The second kappa shape index (κ2) is 9.19. The van der Waals surface area contributed by atoms with Gasteiger partial charge in [0.05, 0.1) is 16.3 Å². The van der Waals surface area contributed by atoms with Crippen LogP contribution in [0.2, 0.25) is 5.02 Å². The van der Waals surface area contributed by atoms with Gasteiger partial charge in [0, 0.05) is 34.6 Å². The number of amides is 2. The number of thioether (sulfide) groups is 1. The van der Waals surface area contributed by atoms with Crippen molar-refractivity contribution in [2.75, 3.05) is 16.8 Å². The van der Waals surface area contributed by atoms with E-state index in [1.54, 1.807) is 37.3 Å². The van der Waals surface area contributed by atoms with Gasteiger partial charge in [-0.05, 0) is 35.9 Å². The Kier molecular flexibility index (Phi) is 6.87. The SMILES string of the molecule is C[C@@H](CS(=O)(=O)c1ccc2c(c1)NC(=O)CCS2)C(=O)NCc1ccc(Cl)cc1. The summed E-state index contributed by atoms with van der Waals surface area (Å²) in [6.07, 6.45) is 0.381. The van der Waals surface area contributed by atoms with E-state index in [1.165, 1.54) is 23.9 Å². The molecule has 0 spiro atoms. The third-order valence-electron chi connectivity index (χ3n) is 4.47. The summed E-state index contributed by atoms with van der Waals surface area (Å²) in [5.41, 5.74) is 1.37. The highest BCUT2D eigenvalue weighted by Gasteiger charge is 2.25. The molecule has 1 heterocycles. The van der Waals surface area contributed by atoms with Gasteiger partial charge in [-0.3, -0.25) is 9.59 Å². The standard InChI is InChI=1S/C20H21ClN2O4S2/c1-13(20(25)22-11-14-2-4-15(21)5-3-14)12-29(26,27)16-6-7-18-17(10-16)23-19(24)8-9-28-18/h2-7,10,13H,8-9,11-12H2,1H3,(H,22,25)(H,23,24)/t13-/m0/s1. The minimum absolute atomic E-state index is 0.0939. The van der Waals surface area contributed by atoms with Crippen molar-refractivity contribution >= 4 is 50.7 Å². The Balaban J connectivity index is 1.65. The fourth-order valence-electron chi connectivity index (χ4n) is 2.86. The lowest BCUT2D eigenvalue weighted by atomic mass is 10.2. The first-order chi connectivity index (χ1) is 13.7. The van der Waals surface area contributed by atoms with Gasteiger partial charge in [0.25, 0.3) is 0 Å². The highest BCUT2D eigenvalue weighted by Crippen LogP contribution is 2.33. The van der Waals surface area contributed by atoms with Crippen LogP contribution >= 0.6 is 23.4 Å². The molecular formula is C20H21ClN2O4S2. The molecule has 0 bridgehead atoms. The average Bonchev–Trinajstić information content (AvgIpc) is 2.86. The molecule has 2 aromatic rings. The first-order valence-electron chi connectivity index (χ1n) is 9.06. The van der Waals surface area contributed by atoms with Gasteiger partial charge in [-0.2, -0.15) is 0 Å². The molecule has 1 aliphatic rings. The summed E-state index contributed by atoms with van der Waals surface area (Å²) in [6.45, 7) is 1.87. The Morgan fingerprint density at radius 2 is 1.97 bits per heavy atom. The van der Waals surface area contributed by atoms with Crippen LogP contribution in [0.5, 0.6) is 0 Å². The lowest BCUT2D eigenvalue weighted by Gasteiger charge is -2.14. The van der Waals surface area contributed by atoms with Crippen LogP contribution in [0, 0.1) is 5.92 Å². The molecule has 2 aromatic carbocycles. The minimum Gasteiger partial charge on any atom is -0.352 e. The molecule has 1 atom stereocenters. The van der Waals surface area contributed by atoms with E-state index in [2.05, 4.69) is 10.6 Å². The molecule has 0 radical (unpaired) electrons. The number of anilines is 1. The van der Waals surface area contributed by atoms with E-state index in [9.17, 15) is 18.0 Å². The molecule has 0 unspecified atom stereocenters. The smallest absolute Gasteiger partial charge is 0.225 e. The van der Waals surface area contributed by atoms with E-state index in [1.807, 2.05) is 0 Å². The van der Waals surface area contributed by atoms with Crippen molar-refractivity contribution in [2.45, 2.75) is 29.7 Å². The van der Waals surface area contributed by atoms with Gasteiger partial charge < -0.3 is 10.6 Å². The van der Waals surface area contributed by atoms with Crippen molar-refractivity contribution in [3.05, 3.63) is 53.1 Å². The summed E-state index contributed by atoms with van der Waals surface area (Å²) < 4.78 is 25.6. The Labute approximate surface area is 179 Å². The molecule has 0 saturated heterocycles. The van der Waals surface area contributed by atoms with Gasteiger partial charge in [-0.15, -0.1) is 11.8 Å². The first kappa shape index (κ1) is 21.7. The molecule has 29 heavy (non-hydrogen) atoms. The quantitative estimate of drug-likeness (QED) is 0.699. The van der Waals surface area contributed by atoms with Crippen molar-refractivity contribution in [3.8, 4) is 0 Å². The molecular weight excluding hydrogens is 432 g/mol. The van der Waals surface area contributed by atoms with Gasteiger partial charge >= 0.3 is 0 Å². The molecule has 0 fully saturated rings. The second-order valence-electron chi connectivity index (χ2n) is 6.83.